The number of alkyl halides is 9. The van der Waals surface area contributed by atoms with Crippen molar-refractivity contribution in [3.05, 3.63) is 75.3 Å². The van der Waals surface area contributed by atoms with Gasteiger partial charge in [0.1, 0.15) is 18.3 Å². The molecule has 2 amide bonds. The minimum absolute atomic E-state index is 0.0316. The fourth-order valence-electron chi connectivity index (χ4n) is 3.02. The Morgan fingerprint density at radius 3 is 2.05 bits per heavy atom. The van der Waals surface area contributed by atoms with Crippen molar-refractivity contribution >= 4 is 29.2 Å². The van der Waals surface area contributed by atoms with Gasteiger partial charge in [-0.05, 0) is 35.9 Å². The number of carbonyl (C=O) groups is 2. The van der Waals surface area contributed by atoms with Crippen LogP contribution >= 0.6 is 11.6 Å². The first kappa shape index (κ1) is 31.8. The van der Waals surface area contributed by atoms with E-state index >= 15 is 0 Å². The van der Waals surface area contributed by atoms with Crippen LogP contribution in [0.5, 0.6) is 0 Å². The lowest BCUT2D eigenvalue weighted by molar-refractivity contribution is -0.140. The standard InChI is InChI=1S/C22H13ClF12N2O2/c23-14-4-10(5-16(25)18(14)26)12(21(30,31)32)6-15(24)9-1-2-11(13(3-9)22(33,34)35)19(39)36-7-17(38)37-8-20(27,28)29/h1-6,12H,7-8H2,(H,36,39)(H,37,38). The van der Waals surface area contributed by atoms with Gasteiger partial charge in [0.25, 0.3) is 5.91 Å². The largest absolute Gasteiger partial charge is 0.417 e. The second-order valence-corrected chi connectivity index (χ2v) is 8.07. The second kappa shape index (κ2) is 11.8. The molecule has 4 nitrogen and oxygen atoms in total. The van der Waals surface area contributed by atoms with Gasteiger partial charge < -0.3 is 10.6 Å². The molecule has 2 N–H and O–H groups in total. The van der Waals surface area contributed by atoms with Crippen molar-refractivity contribution in [2.75, 3.05) is 13.1 Å². The summed E-state index contributed by atoms with van der Waals surface area (Å²) in [5.41, 5.74) is -5.28. The Morgan fingerprint density at radius 2 is 1.54 bits per heavy atom. The third-order valence-corrected chi connectivity index (χ3v) is 5.05. The first-order valence-electron chi connectivity index (χ1n) is 10.1. The molecule has 0 heterocycles. The van der Waals surface area contributed by atoms with Gasteiger partial charge >= 0.3 is 18.5 Å². The van der Waals surface area contributed by atoms with E-state index in [9.17, 15) is 62.3 Å². The molecule has 0 aliphatic rings. The lowest BCUT2D eigenvalue weighted by Crippen LogP contribution is -2.41. The normalized spacial score (nSPS) is 13.7. The van der Waals surface area contributed by atoms with Gasteiger partial charge in [0, 0.05) is 5.56 Å². The molecular weight excluding hydrogens is 588 g/mol. The number of nitrogens with one attached hydrogen (secondary N) is 2. The summed E-state index contributed by atoms with van der Waals surface area (Å²) in [5.74, 6) is -11.4. The predicted octanol–water partition coefficient (Wildman–Crippen LogP) is 6.70. The number of carbonyl (C=O) groups excluding carboxylic acids is 2. The number of allylic oxidation sites excluding steroid dienone is 1. The van der Waals surface area contributed by atoms with Crippen LogP contribution < -0.4 is 10.6 Å². The molecule has 2 rings (SSSR count). The predicted molar refractivity (Wildman–Crippen MR) is 112 cm³/mol. The molecule has 0 fully saturated rings. The zero-order chi connectivity index (χ0) is 29.9. The minimum Gasteiger partial charge on any atom is -0.345 e. The highest BCUT2D eigenvalue weighted by molar-refractivity contribution is 6.30. The van der Waals surface area contributed by atoms with E-state index in [1.54, 1.807) is 5.32 Å². The van der Waals surface area contributed by atoms with E-state index in [2.05, 4.69) is 0 Å². The van der Waals surface area contributed by atoms with Crippen molar-refractivity contribution in [2.24, 2.45) is 0 Å². The zero-order valence-electron chi connectivity index (χ0n) is 18.7. The molecular formula is C22H13ClF12N2O2. The second-order valence-electron chi connectivity index (χ2n) is 7.67. The van der Waals surface area contributed by atoms with Crippen LogP contribution in [0.3, 0.4) is 0 Å². The summed E-state index contributed by atoms with van der Waals surface area (Å²) in [6, 6.07) is 1.22. The van der Waals surface area contributed by atoms with Gasteiger partial charge in [0.15, 0.2) is 11.6 Å². The summed E-state index contributed by atoms with van der Waals surface area (Å²) < 4.78 is 159. The maximum absolute atomic E-state index is 14.8. The van der Waals surface area contributed by atoms with Crippen LogP contribution in [0.2, 0.25) is 5.02 Å². The Balaban J connectivity index is 2.41. The zero-order valence-corrected chi connectivity index (χ0v) is 19.4. The number of benzene rings is 2. The maximum Gasteiger partial charge on any atom is 0.417 e. The third kappa shape index (κ3) is 8.80. The molecule has 0 aromatic heterocycles. The van der Waals surface area contributed by atoms with Gasteiger partial charge in [-0.1, -0.05) is 17.7 Å². The number of halogens is 13. The summed E-state index contributed by atoms with van der Waals surface area (Å²) in [7, 11) is 0. The van der Waals surface area contributed by atoms with E-state index in [4.69, 9.17) is 11.6 Å². The molecule has 1 unspecified atom stereocenters. The summed E-state index contributed by atoms with van der Waals surface area (Å²) >= 11 is 5.33. The van der Waals surface area contributed by atoms with Gasteiger partial charge in [-0.2, -0.15) is 39.5 Å². The van der Waals surface area contributed by atoms with E-state index in [1.807, 2.05) is 0 Å². The minimum atomic E-state index is -5.39. The number of rotatable bonds is 7. The van der Waals surface area contributed by atoms with Crippen molar-refractivity contribution in [2.45, 2.75) is 24.4 Å². The van der Waals surface area contributed by atoms with Gasteiger partial charge in [-0.3, -0.25) is 9.59 Å². The quantitative estimate of drug-likeness (QED) is 0.275. The highest BCUT2D eigenvalue weighted by Crippen LogP contribution is 2.41. The summed E-state index contributed by atoms with van der Waals surface area (Å²) in [4.78, 5) is 23.5. The van der Waals surface area contributed by atoms with Crippen molar-refractivity contribution < 1.29 is 62.3 Å². The van der Waals surface area contributed by atoms with Gasteiger partial charge in [0.05, 0.1) is 22.7 Å². The van der Waals surface area contributed by atoms with E-state index < -0.39 is 94.1 Å². The highest BCUT2D eigenvalue weighted by atomic mass is 35.5. The number of amides is 2. The summed E-state index contributed by atoms with van der Waals surface area (Å²) in [5, 5.41) is 1.91. The Labute approximate surface area is 215 Å². The van der Waals surface area contributed by atoms with Crippen molar-refractivity contribution in [1.82, 2.24) is 10.6 Å². The van der Waals surface area contributed by atoms with Crippen LogP contribution in [0.25, 0.3) is 5.83 Å². The van der Waals surface area contributed by atoms with Gasteiger partial charge in [0.2, 0.25) is 5.91 Å². The molecule has 1 atom stereocenters. The SMILES string of the molecule is O=C(CNC(=O)c1ccc(C(F)=CC(c2cc(F)c(F)c(Cl)c2)C(F)(F)F)cc1C(F)(F)F)NCC(F)(F)F. The molecule has 214 valence electrons. The Morgan fingerprint density at radius 1 is 0.923 bits per heavy atom. The van der Waals surface area contributed by atoms with Crippen LogP contribution in [-0.4, -0.2) is 37.3 Å². The highest BCUT2D eigenvalue weighted by Gasteiger charge is 2.41. The summed E-state index contributed by atoms with van der Waals surface area (Å²) in [6.07, 6.45) is -15.8. The first-order valence-corrected chi connectivity index (χ1v) is 10.5. The van der Waals surface area contributed by atoms with Crippen molar-refractivity contribution in [3.8, 4) is 0 Å². The molecule has 0 saturated heterocycles. The van der Waals surface area contributed by atoms with E-state index in [0.717, 1.165) is 0 Å². The number of hydrogen-bond acceptors (Lipinski definition) is 2. The smallest absolute Gasteiger partial charge is 0.345 e. The van der Waals surface area contributed by atoms with E-state index in [0.29, 0.717) is 18.2 Å². The molecule has 0 bridgehead atoms. The van der Waals surface area contributed by atoms with Crippen LogP contribution in [0.15, 0.2) is 36.4 Å². The monoisotopic (exact) mass is 600 g/mol. The Bertz CT molecular complexity index is 1250. The molecule has 2 aromatic rings. The van der Waals surface area contributed by atoms with Gasteiger partial charge in [-0.15, -0.1) is 0 Å². The molecule has 0 radical (unpaired) electrons. The molecule has 39 heavy (non-hydrogen) atoms. The fourth-order valence-corrected chi connectivity index (χ4v) is 3.24. The van der Waals surface area contributed by atoms with Crippen molar-refractivity contribution in [1.29, 1.82) is 0 Å². The maximum atomic E-state index is 14.8. The van der Waals surface area contributed by atoms with Crippen LogP contribution in [0.1, 0.15) is 33.0 Å². The average molecular weight is 601 g/mol. The Hall–Kier alpha value is -3.43. The molecule has 0 spiro atoms. The molecule has 0 aliphatic heterocycles. The molecule has 17 heteroatoms. The summed E-state index contributed by atoms with van der Waals surface area (Å²) in [6.45, 7) is -2.96. The fraction of sp³-hybridized carbons (Fsp3) is 0.273. The first-order chi connectivity index (χ1) is 17.7. The number of hydrogen-bond donors (Lipinski definition) is 2. The van der Waals surface area contributed by atoms with Crippen LogP contribution in [-0.2, 0) is 11.0 Å². The third-order valence-electron chi connectivity index (χ3n) is 4.77. The topological polar surface area (TPSA) is 58.2 Å². The Kier molecular flexibility index (Phi) is 9.58. The van der Waals surface area contributed by atoms with Gasteiger partial charge in [-0.25, -0.2) is 13.2 Å². The van der Waals surface area contributed by atoms with E-state index in [-0.39, 0.29) is 18.2 Å². The molecule has 2 aromatic carbocycles. The van der Waals surface area contributed by atoms with Crippen molar-refractivity contribution in [3.63, 3.8) is 0 Å². The average Bonchev–Trinajstić information content (AvgIpc) is 2.80. The molecule has 0 aliphatic carbocycles. The van der Waals surface area contributed by atoms with Crippen LogP contribution in [0.4, 0.5) is 52.7 Å². The molecule has 0 saturated carbocycles. The lowest BCUT2D eigenvalue weighted by atomic mass is 9.95. The lowest BCUT2D eigenvalue weighted by Gasteiger charge is -2.19. The van der Waals surface area contributed by atoms with E-state index in [1.165, 1.54) is 5.32 Å². The van der Waals surface area contributed by atoms with Crippen LogP contribution in [0, 0.1) is 11.6 Å².